The molecule has 0 saturated carbocycles. The monoisotopic (exact) mass is 870 g/mol. The van der Waals surface area contributed by atoms with Crippen molar-refractivity contribution in [3.63, 3.8) is 0 Å². The molecule has 0 heterocycles. The quantitative estimate of drug-likeness (QED) is 0.111. The Hall–Kier alpha value is -8.46. The first-order chi connectivity index (χ1) is 33.4. The summed E-state index contributed by atoms with van der Waals surface area (Å²) in [6.07, 6.45) is 0. The Labute approximate surface area is 398 Å². The highest BCUT2D eigenvalue weighted by Crippen LogP contribution is 2.51. The first-order valence-corrected chi connectivity index (χ1v) is 23.7. The molecule has 324 valence electrons. The molecule has 12 rings (SSSR count). The predicted molar refractivity (Wildman–Crippen MR) is 293 cm³/mol. The zero-order valence-electron chi connectivity index (χ0n) is 38.8. The summed E-state index contributed by atoms with van der Waals surface area (Å²) in [5.74, 6) is 0. The Bertz CT molecular complexity index is 3860. The van der Waals surface area contributed by atoms with Crippen molar-refractivity contribution in [1.29, 1.82) is 0 Å². The molecule has 2 nitrogen and oxygen atoms in total. The molecule has 0 amide bonds. The van der Waals surface area contributed by atoms with Crippen molar-refractivity contribution in [3.05, 3.63) is 253 Å². The van der Waals surface area contributed by atoms with Gasteiger partial charge in [-0.3, -0.25) is 0 Å². The van der Waals surface area contributed by atoms with Gasteiger partial charge in [0, 0.05) is 34.1 Å². The molecule has 0 N–H and O–H groups in total. The van der Waals surface area contributed by atoms with Crippen molar-refractivity contribution in [2.24, 2.45) is 0 Å². The topological polar surface area (TPSA) is 6.48 Å². The largest absolute Gasteiger partial charge is 0.310 e. The fraction of sp³-hybridized carbons (Fsp3) is 0.0606. The third kappa shape index (κ3) is 7.14. The maximum absolute atomic E-state index is 2.47. The molecule has 0 bridgehead atoms. The van der Waals surface area contributed by atoms with Crippen molar-refractivity contribution in [2.45, 2.75) is 27.7 Å². The minimum Gasteiger partial charge on any atom is -0.310 e. The summed E-state index contributed by atoms with van der Waals surface area (Å²) in [6, 6.07) is 85.7. The second-order valence-corrected chi connectivity index (χ2v) is 18.5. The lowest BCUT2D eigenvalue weighted by Gasteiger charge is -2.29. The molecule has 0 aliphatic heterocycles. The van der Waals surface area contributed by atoms with E-state index in [4.69, 9.17) is 0 Å². The van der Waals surface area contributed by atoms with Crippen molar-refractivity contribution in [1.82, 2.24) is 0 Å². The zero-order valence-corrected chi connectivity index (χ0v) is 38.8. The maximum Gasteiger partial charge on any atom is 0.0468 e. The number of benzene rings is 12. The van der Waals surface area contributed by atoms with Crippen molar-refractivity contribution >= 4 is 88.0 Å². The van der Waals surface area contributed by atoms with Gasteiger partial charge in [-0.1, -0.05) is 152 Å². The van der Waals surface area contributed by atoms with Crippen LogP contribution in [-0.4, -0.2) is 0 Å². The molecule has 0 aliphatic rings. The molecule has 0 aliphatic carbocycles. The van der Waals surface area contributed by atoms with Gasteiger partial charge < -0.3 is 9.80 Å². The van der Waals surface area contributed by atoms with Crippen LogP contribution >= 0.6 is 0 Å². The van der Waals surface area contributed by atoms with Crippen LogP contribution in [-0.2, 0) is 0 Å². The average molecular weight is 871 g/mol. The van der Waals surface area contributed by atoms with Crippen LogP contribution < -0.4 is 9.80 Å². The molecule has 0 saturated heterocycles. The van der Waals surface area contributed by atoms with Crippen LogP contribution in [0.15, 0.2) is 231 Å². The van der Waals surface area contributed by atoms with E-state index in [1.54, 1.807) is 0 Å². The first-order valence-electron chi connectivity index (χ1n) is 23.7. The highest BCUT2D eigenvalue weighted by molar-refractivity contribution is 6.28. The Balaban J connectivity index is 1.26. The summed E-state index contributed by atoms with van der Waals surface area (Å²) in [7, 11) is 0. The van der Waals surface area contributed by atoms with E-state index in [2.05, 4.69) is 268 Å². The van der Waals surface area contributed by atoms with Gasteiger partial charge in [-0.25, -0.2) is 0 Å². The molecule has 0 atom stereocenters. The van der Waals surface area contributed by atoms with Gasteiger partial charge in [0.25, 0.3) is 0 Å². The summed E-state index contributed by atoms with van der Waals surface area (Å²) in [4.78, 5) is 4.85. The summed E-state index contributed by atoms with van der Waals surface area (Å²) in [5, 5.41) is 12.2. The molecule has 0 fully saturated rings. The van der Waals surface area contributed by atoms with Crippen LogP contribution in [0.4, 0.5) is 34.1 Å². The van der Waals surface area contributed by atoms with Crippen LogP contribution in [0.2, 0.25) is 0 Å². The van der Waals surface area contributed by atoms with E-state index < -0.39 is 0 Å². The van der Waals surface area contributed by atoms with E-state index in [9.17, 15) is 0 Å². The van der Waals surface area contributed by atoms with Gasteiger partial charge in [-0.05, 0) is 205 Å². The molecule has 12 aromatic rings. The average Bonchev–Trinajstić information content (AvgIpc) is 3.35. The number of hydrogen-bond donors (Lipinski definition) is 0. The van der Waals surface area contributed by atoms with Gasteiger partial charge >= 0.3 is 0 Å². The van der Waals surface area contributed by atoms with E-state index in [0.29, 0.717) is 0 Å². The van der Waals surface area contributed by atoms with Crippen LogP contribution in [0.1, 0.15) is 22.3 Å². The van der Waals surface area contributed by atoms with E-state index in [-0.39, 0.29) is 0 Å². The molecule has 0 aromatic heterocycles. The zero-order chi connectivity index (χ0) is 45.9. The Morgan fingerprint density at radius 1 is 0.221 bits per heavy atom. The van der Waals surface area contributed by atoms with Crippen LogP contribution in [0.3, 0.4) is 0 Å². The molecule has 68 heavy (non-hydrogen) atoms. The highest BCUT2D eigenvalue weighted by Gasteiger charge is 2.24. The van der Waals surface area contributed by atoms with Crippen LogP contribution in [0, 0.1) is 27.7 Å². The smallest absolute Gasteiger partial charge is 0.0468 e. The molecule has 2 heteroatoms. The van der Waals surface area contributed by atoms with Gasteiger partial charge in [0.15, 0.2) is 0 Å². The molecular weight excluding hydrogens is 821 g/mol. The summed E-state index contributed by atoms with van der Waals surface area (Å²) >= 11 is 0. The Morgan fingerprint density at radius 2 is 0.647 bits per heavy atom. The van der Waals surface area contributed by atoms with E-state index >= 15 is 0 Å². The SMILES string of the molecule is Cc1cc(C)cc(N(c2ccccc2)c2ccc3c(-c4cc5ccccc5c5ccccc45)c4cc(N(c5ccccc5)c5cc(C)cc(C)c5)ccc4c(-c4cccc5ccccc45)c3c2)c1. The molecule has 0 spiro atoms. The van der Waals surface area contributed by atoms with Crippen molar-refractivity contribution in [3.8, 4) is 22.3 Å². The summed E-state index contributed by atoms with van der Waals surface area (Å²) < 4.78 is 0. The minimum absolute atomic E-state index is 1.10. The van der Waals surface area contributed by atoms with Gasteiger partial charge in [-0.15, -0.1) is 0 Å². The second kappa shape index (κ2) is 16.8. The van der Waals surface area contributed by atoms with Gasteiger partial charge in [0.2, 0.25) is 0 Å². The van der Waals surface area contributed by atoms with Gasteiger partial charge in [0.05, 0.1) is 0 Å². The van der Waals surface area contributed by atoms with Crippen LogP contribution in [0.5, 0.6) is 0 Å². The Morgan fingerprint density at radius 3 is 1.19 bits per heavy atom. The summed E-state index contributed by atoms with van der Waals surface area (Å²) in [5.41, 5.74) is 16.5. The summed E-state index contributed by atoms with van der Waals surface area (Å²) in [6.45, 7) is 8.77. The van der Waals surface area contributed by atoms with E-state index in [1.165, 1.54) is 98.4 Å². The van der Waals surface area contributed by atoms with Crippen molar-refractivity contribution in [2.75, 3.05) is 9.80 Å². The highest BCUT2D eigenvalue weighted by atomic mass is 15.1. The minimum atomic E-state index is 1.10. The second-order valence-electron chi connectivity index (χ2n) is 18.5. The third-order valence-electron chi connectivity index (χ3n) is 13.7. The fourth-order valence-corrected chi connectivity index (χ4v) is 11.0. The number of anilines is 6. The van der Waals surface area contributed by atoms with E-state index in [1.807, 2.05) is 0 Å². The Kier molecular flexibility index (Phi) is 10.1. The van der Waals surface area contributed by atoms with Gasteiger partial charge in [-0.2, -0.15) is 0 Å². The number of hydrogen-bond acceptors (Lipinski definition) is 2. The molecule has 0 radical (unpaired) electrons. The number of nitrogens with zero attached hydrogens (tertiary/aromatic N) is 2. The first kappa shape index (κ1) is 41.0. The number of rotatable bonds is 8. The van der Waals surface area contributed by atoms with Crippen LogP contribution in [0.25, 0.3) is 76.1 Å². The molecular formula is C66H50N2. The lowest BCUT2D eigenvalue weighted by molar-refractivity contribution is 1.26. The number of aryl methyl sites for hydroxylation is 4. The number of para-hydroxylation sites is 2. The lowest BCUT2D eigenvalue weighted by atomic mass is 9.82. The predicted octanol–water partition coefficient (Wildman–Crippen LogP) is 19.0. The van der Waals surface area contributed by atoms with E-state index in [0.717, 1.165) is 34.1 Å². The third-order valence-corrected chi connectivity index (χ3v) is 13.7. The fourth-order valence-electron chi connectivity index (χ4n) is 11.0. The molecule has 0 unspecified atom stereocenters. The maximum atomic E-state index is 2.47. The standard InChI is InChI=1S/C66H50N2/c1-43-34-44(2)37-53(36-43)67(49-21-7-5-8-22-49)51-31-33-61-63(41-51)65(59-29-17-20-47-18-11-13-25-55(47)59)60-32-30-52(68(50-23-9-6-10-24-50)54-38-45(3)35-46(4)39-54)42-64(60)66(61)62-40-48-19-12-14-26-56(48)57-27-15-16-28-58(57)62/h5-42H,1-4H3. The van der Waals surface area contributed by atoms with Gasteiger partial charge in [0.1, 0.15) is 0 Å². The normalized spacial score (nSPS) is 11.5. The number of fused-ring (bicyclic) bond motifs is 6. The van der Waals surface area contributed by atoms with Crippen molar-refractivity contribution < 1.29 is 0 Å². The lowest BCUT2D eigenvalue weighted by Crippen LogP contribution is -2.11. The molecule has 12 aromatic carbocycles.